The molecule has 33 heavy (non-hydrogen) atoms. The first kappa shape index (κ1) is 22.9. The Morgan fingerprint density at radius 2 is 1.52 bits per heavy atom. The molecule has 0 spiro atoms. The molecule has 1 heterocycles. The van der Waals surface area contributed by atoms with Crippen LogP contribution in [0.1, 0.15) is 56.5 Å². The van der Waals surface area contributed by atoms with E-state index in [0.29, 0.717) is 19.1 Å². The predicted octanol–water partition coefficient (Wildman–Crippen LogP) is 7.16. The molecule has 0 saturated carbocycles. The summed E-state index contributed by atoms with van der Waals surface area (Å²) < 4.78 is 14.3. The predicted molar refractivity (Wildman–Crippen MR) is 135 cm³/mol. The minimum Gasteiger partial charge on any atom is -0.494 e. The van der Waals surface area contributed by atoms with Gasteiger partial charge in [-0.15, -0.1) is 0 Å². The Morgan fingerprint density at radius 1 is 0.818 bits per heavy atom. The maximum absolute atomic E-state index is 6.07. The number of aromatic nitrogens is 2. The third-order valence-corrected chi connectivity index (χ3v) is 6.02. The number of rotatable bonds is 11. The molecule has 0 amide bonds. The molecule has 1 aromatic heterocycles. The van der Waals surface area contributed by atoms with Crippen LogP contribution in [0.3, 0.4) is 0 Å². The second-order valence-electron chi connectivity index (χ2n) is 8.73. The van der Waals surface area contributed by atoms with Gasteiger partial charge in [-0.05, 0) is 72.7 Å². The highest BCUT2D eigenvalue weighted by atomic mass is 16.5. The quantitative estimate of drug-likeness (QED) is 0.231. The van der Waals surface area contributed by atoms with Crippen molar-refractivity contribution in [2.24, 2.45) is 0 Å². The summed E-state index contributed by atoms with van der Waals surface area (Å²) >= 11 is 0. The topological polar surface area (TPSA) is 36.3 Å². The van der Waals surface area contributed by atoms with Crippen molar-refractivity contribution in [3.63, 3.8) is 0 Å². The summed E-state index contributed by atoms with van der Waals surface area (Å²) in [6, 6.07) is 25.1. The summed E-state index contributed by atoms with van der Waals surface area (Å²) in [6.45, 7) is 8.63. The molecule has 3 aromatic carbocycles. The van der Waals surface area contributed by atoms with Crippen molar-refractivity contribution in [1.29, 1.82) is 0 Å². The molecule has 0 radical (unpaired) electrons. The first-order valence-corrected chi connectivity index (χ1v) is 12.0. The number of aryl methyl sites for hydroxylation is 2. The summed E-state index contributed by atoms with van der Waals surface area (Å²) in [4.78, 5) is 4.84. The van der Waals surface area contributed by atoms with Gasteiger partial charge in [0.15, 0.2) is 0 Å². The highest BCUT2D eigenvalue weighted by Gasteiger charge is 2.11. The van der Waals surface area contributed by atoms with Crippen LogP contribution in [-0.2, 0) is 19.6 Å². The van der Waals surface area contributed by atoms with Gasteiger partial charge >= 0.3 is 0 Å². The molecule has 0 unspecified atom stereocenters. The molecule has 0 aliphatic carbocycles. The molecular weight excluding hydrogens is 408 g/mol. The maximum atomic E-state index is 6.07. The van der Waals surface area contributed by atoms with E-state index in [-0.39, 0.29) is 0 Å². The van der Waals surface area contributed by atoms with Crippen molar-refractivity contribution < 1.29 is 9.47 Å². The molecule has 4 nitrogen and oxygen atoms in total. The molecule has 0 aliphatic heterocycles. The fraction of sp³-hybridized carbons (Fsp3) is 0.345. The van der Waals surface area contributed by atoms with E-state index in [4.69, 9.17) is 14.5 Å². The van der Waals surface area contributed by atoms with Gasteiger partial charge in [0.05, 0.1) is 17.6 Å². The van der Waals surface area contributed by atoms with Crippen LogP contribution in [0.5, 0.6) is 11.5 Å². The Labute approximate surface area is 197 Å². The van der Waals surface area contributed by atoms with Crippen LogP contribution in [0.15, 0.2) is 72.8 Å². The molecule has 4 aromatic rings. The normalized spacial score (nSPS) is 11.3. The molecule has 0 N–H and O–H groups in total. The molecule has 4 heteroatoms. The smallest absolute Gasteiger partial charge is 0.147 e. The standard InChI is InChI=1S/C29H34N2O2/c1-4-23-11-15-26(16-12-23)33-21-29-30-27-9-5-6-10-28(27)31(29)19-7-8-20-32-25-17-13-24(14-18-25)22(2)3/h5-6,9-18,22H,4,7-8,19-21H2,1-3H3. The summed E-state index contributed by atoms with van der Waals surface area (Å²) in [7, 11) is 0. The van der Waals surface area contributed by atoms with Crippen LogP contribution in [0.2, 0.25) is 0 Å². The highest BCUT2D eigenvalue weighted by molar-refractivity contribution is 5.75. The zero-order chi connectivity index (χ0) is 23.0. The largest absolute Gasteiger partial charge is 0.494 e. The van der Waals surface area contributed by atoms with Gasteiger partial charge in [-0.1, -0.05) is 57.2 Å². The van der Waals surface area contributed by atoms with Gasteiger partial charge in [-0.2, -0.15) is 0 Å². The lowest BCUT2D eigenvalue weighted by molar-refractivity contribution is 0.285. The third kappa shape index (κ3) is 5.95. The third-order valence-electron chi connectivity index (χ3n) is 6.02. The number of imidazole rings is 1. The van der Waals surface area contributed by atoms with Gasteiger partial charge in [-0.3, -0.25) is 0 Å². The van der Waals surface area contributed by atoms with Crippen molar-refractivity contribution in [2.75, 3.05) is 6.61 Å². The van der Waals surface area contributed by atoms with E-state index >= 15 is 0 Å². The molecule has 0 fully saturated rings. The average molecular weight is 443 g/mol. The second kappa shape index (κ2) is 11.0. The minimum atomic E-state index is 0.457. The van der Waals surface area contributed by atoms with Crippen LogP contribution < -0.4 is 9.47 Å². The van der Waals surface area contributed by atoms with Gasteiger partial charge < -0.3 is 14.0 Å². The van der Waals surface area contributed by atoms with Gasteiger partial charge in [0.2, 0.25) is 0 Å². The summed E-state index contributed by atoms with van der Waals surface area (Å²) in [6.07, 6.45) is 3.03. The Balaban J connectivity index is 1.34. The molecule has 0 atom stereocenters. The molecule has 0 saturated heterocycles. The van der Waals surface area contributed by atoms with Crippen molar-refractivity contribution in [3.05, 3.63) is 89.7 Å². The number of unbranched alkanes of at least 4 members (excludes halogenated alkanes) is 1. The average Bonchev–Trinajstić information content (AvgIpc) is 3.20. The highest BCUT2D eigenvalue weighted by Crippen LogP contribution is 2.21. The van der Waals surface area contributed by atoms with Crippen LogP contribution in [0.4, 0.5) is 0 Å². The van der Waals surface area contributed by atoms with Crippen LogP contribution in [-0.4, -0.2) is 16.2 Å². The Kier molecular flexibility index (Phi) is 7.66. The van der Waals surface area contributed by atoms with Gasteiger partial charge in [0.25, 0.3) is 0 Å². The van der Waals surface area contributed by atoms with E-state index in [1.165, 1.54) is 11.1 Å². The fourth-order valence-electron chi connectivity index (χ4n) is 3.97. The van der Waals surface area contributed by atoms with E-state index in [1.54, 1.807) is 0 Å². The summed E-state index contributed by atoms with van der Waals surface area (Å²) in [5, 5.41) is 0. The number of hydrogen-bond donors (Lipinski definition) is 0. The first-order chi connectivity index (χ1) is 16.1. The van der Waals surface area contributed by atoms with Crippen molar-refractivity contribution >= 4 is 11.0 Å². The number of nitrogens with zero attached hydrogens (tertiary/aromatic N) is 2. The Morgan fingerprint density at radius 3 is 2.24 bits per heavy atom. The molecular formula is C29H34N2O2. The van der Waals surface area contributed by atoms with E-state index < -0.39 is 0 Å². The zero-order valence-electron chi connectivity index (χ0n) is 20.0. The lowest BCUT2D eigenvalue weighted by Crippen LogP contribution is -2.09. The lowest BCUT2D eigenvalue weighted by atomic mass is 10.0. The van der Waals surface area contributed by atoms with Gasteiger partial charge in [-0.25, -0.2) is 4.98 Å². The number of fused-ring (bicyclic) bond motifs is 1. The van der Waals surface area contributed by atoms with Crippen LogP contribution >= 0.6 is 0 Å². The van der Waals surface area contributed by atoms with Crippen molar-refractivity contribution in [3.8, 4) is 11.5 Å². The number of para-hydroxylation sites is 2. The van der Waals surface area contributed by atoms with Crippen molar-refractivity contribution in [1.82, 2.24) is 9.55 Å². The van der Waals surface area contributed by atoms with Crippen LogP contribution in [0, 0.1) is 0 Å². The molecule has 0 aliphatic rings. The number of ether oxygens (including phenoxy) is 2. The Hall–Kier alpha value is -3.27. The van der Waals surface area contributed by atoms with Gasteiger partial charge in [0.1, 0.15) is 23.9 Å². The number of benzene rings is 3. The van der Waals surface area contributed by atoms with E-state index in [9.17, 15) is 0 Å². The first-order valence-electron chi connectivity index (χ1n) is 12.0. The lowest BCUT2D eigenvalue weighted by Gasteiger charge is -2.12. The van der Waals surface area contributed by atoms with E-state index in [0.717, 1.165) is 54.2 Å². The molecule has 172 valence electrons. The van der Waals surface area contributed by atoms with E-state index in [1.807, 2.05) is 18.2 Å². The number of hydrogen-bond acceptors (Lipinski definition) is 3. The SMILES string of the molecule is CCc1ccc(OCc2nc3ccccc3n2CCCCOc2ccc(C(C)C)cc2)cc1. The van der Waals surface area contributed by atoms with E-state index in [2.05, 4.69) is 79.9 Å². The Bertz CT molecular complexity index is 1140. The van der Waals surface area contributed by atoms with Crippen molar-refractivity contribution in [2.45, 2.75) is 59.1 Å². The monoisotopic (exact) mass is 442 g/mol. The fourth-order valence-corrected chi connectivity index (χ4v) is 3.97. The molecule has 4 rings (SSSR count). The summed E-state index contributed by atoms with van der Waals surface area (Å²) in [5.41, 5.74) is 4.82. The zero-order valence-corrected chi connectivity index (χ0v) is 20.0. The van der Waals surface area contributed by atoms with Gasteiger partial charge in [0, 0.05) is 6.54 Å². The molecule has 0 bridgehead atoms. The minimum absolute atomic E-state index is 0.457. The maximum Gasteiger partial charge on any atom is 0.147 e. The second-order valence-corrected chi connectivity index (χ2v) is 8.73. The summed E-state index contributed by atoms with van der Waals surface area (Å²) in [5.74, 6) is 3.32. The van der Waals surface area contributed by atoms with Crippen LogP contribution in [0.25, 0.3) is 11.0 Å².